The zero-order valence-electron chi connectivity index (χ0n) is 8.04. The Morgan fingerprint density at radius 3 is 2.33 bits per heavy atom. The first-order chi connectivity index (χ1) is 5.81. The van der Waals surface area contributed by atoms with Gasteiger partial charge in [-0.2, -0.15) is 0 Å². The maximum atomic E-state index is 5.34. The third-order valence-corrected chi connectivity index (χ3v) is 1.52. The molecule has 0 aromatic rings. The van der Waals surface area contributed by atoms with Crippen molar-refractivity contribution in [3.8, 4) is 0 Å². The Kier molecular flexibility index (Phi) is 8.88. The first-order valence-electron chi connectivity index (χ1n) is 4.23. The van der Waals surface area contributed by atoms with Crippen LogP contribution in [0, 0.1) is 6.92 Å². The van der Waals surface area contributed by atoms with Crippen molar-refractivity contribution < 1.29 is 14.2 Å². The zero-order chi connectivity index (χ0) is 9.23. The summed E-state index contributed by atoms with van der Waals surface area (Å²) in [5.41, 5.74) is 0. The van der Waals surface area contributed by atoms with Crippen LogP contribution in [0.15, 0.2) is 0 Å². The summed E-state index contributed by atoms with van der Waals surface area (Å²) >= 11 is 0. The van der Waals surface area contributed by atoms with E-state index in [-0.39, 0.29) is 6.10 Å². The molecular weight excluding hydrogens is 156 g/mol. The quantitative estimate of drug-likeness (QED) is 0.520. The first-order valence-corrected chi connectivity index (χ1v) is 4.23. The van der Waals surface area contributed by atoms with Crippen LogP contribution in [0.25, 0.3) is 0 Å². The summed E-state index contributed by atoms with van der Waals surface area (Å²) in [6, 6.07) is 0. The molecule has 0 saturated heterocycles. The molecular formula is C9H19O3. The second-order valence-electron chi connectivity index (χ2n) is 2.62. The molecule has 1 atom stereocenters. The fraction of sp³-hybridized carbons (Fsp3) is 0.889. The predicted octanol–water partition coefficient (Wildman–Crippen LogP) is 1.28. The van der Waals surface area contributed by atoms with Crippen LogP contribution in [0.1, 0.15) is 12.8 Å². The average Bonchev–Trinajstić information content (AvgIpc) is 2.06. The number of rotatable bonds is 8. The van der Waals surface area contributed by atoms with Gasteiger partial charge in [-0.15, -0.1) is 0 Å². The van der Waals surface area contributed by atoms with Crippen molar-refractivity contribution in [2.75, 3.05) is 34.0 Å². The van der Waals surface area contributed by atoms with Gasteiger partial charge in [0.1, 0.15) is 0 Å². The highest BCUT2D eigenvalue weighted by Crippen LogP contribution is 2.00. The van der Waals surface area contributed by atoms with Crippen LogP contribution in [0.4, 0.5) is 0 Å². The fourth-order valence-electron chi connectivity index (χ4n) is 0.837. The van der Waals surface area contributed by atoms with E-state index in [4.69, 9.17) is 14.2 Å². The summed E-state index contributed by atoms with van der Waals surface area (Å²) in [7, 11) is 3.36. The van der Waals surface area contributed by atoms with Crippen molar-refractivity contribution >= 4 is 0 Å². The number of methoxy groups -OCH3 is 2. The van der Waals surface area contributed by atoms with E-state index in [1.165, 1.54) is 0 Å². The molecule has 0 aromatic carbocycles. The van der Waals surface area contributed by atoms with Crippen LogP contribution in [0.5, 0.6) is 0 Å². The largest absolute Gasteiger partial charge is 0.385 e. The van der Waals surface area contributed by atoms with Gasteiger partial charge in [0.2, 0.25) is 0 Å². The van der Waals surface area contributed by atoms with Crippen molar-refractivity contribution in [2.24, 2.45) is 0 Å². The monoisotopic (exact) mass is 175 g/mol. The van der Waals surface area contributed by atoms with E-state index in [1.54, 1.807) is 14.2 Å². The highest BCUT2D eigenvalue weighted by atomic mass is 16.5. The summed E-state index contributed by atoms with van der Waals surface area (Å²) in [4.78, 5) is 0. The zero-order valence-corrected chi connectivity index (χ0v) is 8.04. The molecule has 0 fully saturated rings. The molecule has 0 rings (SSSR count). The maximum absolute atomic E-state index is 5.34. The molecule has 0 amide bonds. The normalized spacial score (nSPS) is 13.2. The van der Waals surface area contributed by atoms with E-state index in [1.807, 2.05) is 0 Å². The van der Waals surface area contributed by atoms with Gasteiger partial charge in [0.15, 0.2) is 0 Å². The van der Waals surface area contributed by atoms with Crippen molar-refractivity contribution in [3.63, 3.8) is 0 Å². The van der Waals surface area contributed by atoms with Crippen molar-refractivity contribution in [3.05, 3.63) is 6.92 Å². The number of hydrogen-bond acceptors (Lipinski definition) is 3. The second kappa shape index (κ2) is 8.97. The molecule has 0 aliphatic heterocycles. The minimum absolute atomic E-state index is 0.0651. The summed E-state index contributed by atoms with van der Waals surface area (Å²) < 4.78 is 15.1. The van der Waals surface area contributed by atoms with Crippen molar-refractivity contribution in [2.45, 2.75) is 18.9 Å². The molecule has 0 aromatic heterocycles. The molecule has 73 valence electrons. The smallest absolute Gasteiger partial charge is 0.0704 e. The van der Waals surface area contributed by atoms with Gasteiger partial charge >= 0.3 is 0 Å². The summed E-state index contributed by atoms with van der Waals surface area (Å²) in [5, 5.41) is 0. The topological polar surface area (TPSA) is 27.7 Å². The molecule has 0 bridgehead atoms. The molecule has 3 nitrogen and oxygen atoms in total. The van der Waals surface area contributed by atoms with E-state index in [9.17, 15) is 0 Å². The molecule has 3 heteroatoms. The second-order valence-corrected chi connectivity index (χ2v) is 2.62. The molecule has 1 radical (unpaired) electrons. The first kappa shape index (κ1) is 11.9. The Morgan fingerprint density at radius 1 is 1.08 bits per heavy atom. The molecule has 0 N–H and O–H groups in total. The highest BCUT2D eigenvalue weighted by Gasteiger charge is 2.00. The third kappa shape index (κ3) is 7.98. The Balaban J connectivity index is 3.04. The van der Waals surface area contributed by atoms with E-state index in [0.29, 0.717) is 13.2 Å². The summed E-state index contributed by atoms with van der Waals surface area (Å²) in [6.45, 7) is 5.88. The molecule has 0 aliphatic rings. The van der Waals surface area contributed by atoms with E-state index in [2.05, 4.69) is 6.92 Å². The Morgan fingerprint density at radius 2 is 1.75 bits per heavy atom. The lowest BCUT2D eigenvalue weighted by Gasteiger charge is -2.11. The third-order valence-electron chi connectivity index (χ3n) is 1.52. The SMILES string of the molecule is [CH2]C(CCCOC)OCCOC. The van der Waals surface area contributed by atoms with Crippen molar-refractivity contribution in [1.82, 2.24) is 0 Å². The van der Waals surface area contributed by atoms with Crippen LogP contribution in [-0.2, 0) is 14.2 Å². The Hall–Kier alpha value is -0.120. The number of ether oxygens (including phenoxy) is 3. The van der Waals surface area contributed by atoms with Gasteiger partial charge in [-0.05, 0) is 19.8 Å². The summed E-state index contributed by atoms with van der Waals surface area (Å²) in [5.74, 6) is 0. The molecule has 0 saturated carbocycles. The van der Waals surface area contributed by atoms with Gasteiger partial charge < -0.3 is 14.2 Å². The predicted molar refractivity (Wildman–Crippen MR) is 48.1 cm³/mol. The van der Waals surface area contributed by atoms with E-state index < -0.39 is 0 Å². The van der Waals surface area contributed by atoms with Gasteiger partial charge in [-0.3, -0.25) is 0 Å². The molecule has 0 aliphatic carbocycles. The number of hydrogen-bond donors (Lipinski definition) is 0. The fourth-order valence-corrected chi connectivity index (χ4v) is 0.837. The van der Waals surface area contributed by atoms with Crippen LogP contribution >= 0.6 is 0 Å². The van der Waals surface area contributed by atoms with Gasteiger partial charge in [0.05, 0.1) is 19.3 Å². The van der Waals surface area contributed by atoms with Crippen molar-refractivity contribution in [1.29, 1.82) is 0 Å². The van der Waals surface area contributed by atoms with E-state index >= 15 is 0 Å². The van der Waals surface area contributed by atoms with Crippen LogP contribution in [-0.4, -0.2) is 40.1 Å². The van der Waals surface area contributed by atoms with Crippen LogP contribution in [0.2, 0.25) is 0 Å². The highest BCUT2D eigenvalue weighted by molar-refractivity contribution is 4.59. The molecule has 12 heavy (non-hydrogen) atoms. The minimum atomic E-state index is 0.0651. The lowest BCUT2D eigenvalue weighted by atomic mass is 10.2. The Labute approximate surface area is 75.0 Å². The lowest BCUT2D eigenvalue weighted by Crippen LogP contribution is -2.13. The van der Waals surface area contributed by atoms with E-state index in [0.717, 1.165) is 19.4 Å². The van der Waals surface area contributed by atoms with Gasteiger partial charge in [-0.25, -0.2) is 0 Å². The maximum Gasteiger partial charge on any atom is 0.0704 e. The molecule has 0 heterocycles. The Bertz CT molecular complexity index is 75.8. The van der Waals surface area contributed by atoms with Gasteiger partial charge in [0.25, 0.3) is 0 Å². The minimum Gasteiger partial charge on any atom is -0.385 e. The molecule has 0 spiro atoms. The average molecular weight is 175 g/mol. The van der Waals surface area contributed by atoms with Crippen LogP contribution in [0.3, 0.4) is 0 Å². The summed E-state index contributed by atoms with van der Waals surface area (Å²) in [6.07, 6.45) is 2.00. The molecule has 1 unspecified atom stereocenters. The lowest BCUT2D eigenvalue weighted by molar-refractivity contribution is 0.0307. The van der Waals surface area contributed by atoms with Gasteiger partial charge in [-0.1, -0.05) is 0 Å². The van der Waals surface area contributed by atoms with Gasteiger partial charge in [0, 0.05) is 20.8 Å². The van der Waals surface area contributed by atoms with Crippen LogP contribution < -0.4 is 0 Å². The standard InChI is InChI=1S/C9H19O3/c1-9(5-4-6-10-2)12-8-7-11-3/h9H,1,4-8H2,2-3H3.